The molecule has 0 amide bonds. The molecule has 0 fully saturated rings. The highest BCUT2D eigenvalue weighted by atomic mass is 79.9. The first-order valence-electron chi connectivity index (χ1n) is 3.66. The third kappa shape index (κ3) is 2.24. The van der Waals surface area contributed by atoms with Crippen molar-refractivity contribution in [1.29, 1.82) is 0 Å². The van der Waals surface area contributed by atoms with Crippen LogP contribution < -0.4 is 11.5 Å². The van der Waals surface area contributed by atoms with Crippen LogP contribution in [0.25, 0.3) is 0 Å². The lowest BCUT2D eigenvalue weighted by Crippen LogP contribution is -2.23. The molecule has 0 aromatic heterocycles. The lowest BCUT2D eigenvalue weighted by atomic mass is 10.1. The maximum absolute atomic E-state index is 13.1. The van der Waals surface area contributed by atoms with E-state index < -0.39 is 17.7 Å². The van der Waals surface area contributed by atoms with Crippen LogP contribution in [-0.2, 0) is 0 Å². The second-order valence-corrected chi connectivity index (χ2v) is 3.54. The summed E-state index contributed by atoms with van der Waals surface area (Å²) in [6.07, 6.45) is 0. The Morgan fingerprint density at radius 2 is 1.77 bits per heavy atom. The van der Waals surface area contributed by atoms with Crippen LogP contribution in [0.2, 0.25) is 0 Å². The minimum absolute atomic E-state index is 0.00940. The number of halogens is 3. The molecule has 0 aliphatic rings. The Bertz CT molecular complexity index is 294. The van der Waals surface area contributed by atoms with E-state index in [0.717, 1.165) is 12.1 Å². The first kappa shape index (κ1) is 10.6. The molecule has 5 heteroatoms. The fourth-order valence-electron chi connectivity index (χ4n) is 1.03. The molecular formula is C8H9BrF2N2. The highest BCUT2D eigenvalue weighted by molar-refractivity contribution is 9.10. The lowest BCUT2D eigenvalue weighted by Gasteiger charge is -2.11. The topological polar surface area (TPSA) is 52.0 Å². The summed E-state index contributed by atoms with van der Waals surface area (Å²) >= 11 is 2.97. The number of rotatable bonds is 2. The minimum atomic E-state index is -0.798. The molecule has 0 unspecified atom stereocenters. The third-order valence-electron chi connectivity index (χ3n) is 1.67. The van der Waals surface area contributed by atoms with E-state index in [1.165, 1.54) is 0 Å². The number of hydrogen-bond acceptors (Lipinski definition) is 2. The van der Waals surface area contributed by atoms with E-state index in [0.29, 0.717) is 4.47 Å². The van der Waals surface area contributed by atoms with Crippen molar-refractivity contribution in [1.82, 2.24) is 0 Å². The normalized spacial score (nSPS) is 13.0. The van der Waals surface area contributed by atoms with Crippen molar-refractivity contribution in [2.24, 2.45) is 11.5 Å². The van der Waals surface area contributed by atoms with Gasteiger partial charge in [0.25, 0.3) is 0 Å². The number of benzene rings is 1. The van der Waals surface area contributed by atoms with Gasteiger partial charge in [-0.25, -0.2) is 8.78 Å². The Morgan fingerprint density at radius 1 is 1.31 bits per heavy atom. The largest absolute Gasteiger partial charge is 0.329 e. The van der Waals surface area contributed by atoms with E-state index in [9.17, 15) is 8.78 Å². The summed E-state index contributed by atoms with van der Waals surface area (Å²) in [6, 6.07) is 1.52. The van der Waals surface area contributed by atoms with Crippen molar-refractivity contribution in [3.8, 4) is 0 Å². The molecule has 0 heterocycles. The van der Waals surface area contributed by atoms with Gasteiger partial charge in [-0.05, 0) is 12.1 Å². The second kappa shape index (κ2) is 4.13. The van der Waals surface area contributed by atoms with Gasteiger partial charge in [0.1, 0.15) is 11.6 Å². The van der Waals surface area contributed by atoms with Gasteiger partial charge in [-0.15, -0.1) is 0 Å². The van der Waals surface area contributed by atoms with Gasteiger partial charge in [-0.3, -0.25) is 0 Å². The zero-order chi connectivity index (χ0) is 10.0. The minimum Gasteiger partial charge on any atom is -0.329 e. The van der Waals surface area contributed by atoms with Gasteiger partial charge in [0.15, 0.2) is 0 Å². The van der Waals surface area contributed by atoms with E-state index in [4.69, 9.17) is 11.5 Å². The van der Waals surface area contributed by atoms with E-state index >= 15 is 0 Å². The summed E-state index contributed by atoms with van der Waals surface area (Å²) in [6.45, 7) is 0.00940. The van der Waals surface area contributed by atoms with Crippen LogP contribution in [0.1, 0.15) is 11.6 Å². The van der Waals surface area contributed by atoms with E-state index in [2.05, 4.69) is 15.9 Å². The summed E-state index contributed by atoms with van der Waals surface area (Å²) in [4.78, 5) is 0. The van der Waals surface area contributed by atoms with Gasteiger partial charge in [-0.1, -0.05) is 15.9 Å². The predicted molar refractivity (Wildman–Crippen MR) is 50.0 cm³/mol. The van der Waals surface area contributed by atoms with Crippen LogP contribution in [0.3, 0.4) is 0 Å². The first-order chi connectivity index (χ1) is 6.06. The molecule has 0 spiro atoms. The molecule has 0 aliphatic heterocycles. The molecular weight excluding hydrogens is 242 g/mol. The van der Waals surface area contributed by atoms with Crippen molar-refractivity contribution in [2.45, 2.75) is 6.04 Å². The molecule has 1 rings (SSSR count). The Labute approximate surface area is 83.0 Å². The van der Waals surface area contributed by atoms with Crippen LogP contribution >= 0.6 is 15.9 Å². The molecule has 1 aromatic rings. The molecule has 13 heavy (non-hydrogen) atoms. The summed E-state index contributed by atoms with van der Waals surface area (Å²) in [5.41, 5.74) is 10.5. The quantitative estimate of drug-likeness (QED) is 0.840. The van der Waals surface area contributed by atoms with Crippen LogP contribution in [-0.4, -0.2) is 6.54 Å². The van der Waals surface area contributed by atoms with Crippen LogP contribution in [0, 0.1) is 11.6 Å². The van der Waals surface area contributed by atoms with Crippen molar-refractivity contribution < 1.29 is 8.78 Å². The fraction of sp³-hybridized carbons (Fsp3) is 0.250. The zero-order valence-electron chi connectivity index (χ0n) is 6.73. The van der Waals surface area contributed by atoms with Crippen LogP contribution in [0.15, 0.2) is 16.6 Å². The standard InChI is InChI=1S/C8H9BrF2N2/c9-4-1-5(10)8(6(11)2-4)7(13)3-12/h1-2,7H,3,12-13H2/t7-/m1/s1. The fourth-order valence-corrected chi connectivity index (χ4v) is 1.43. The Hall–Kier alpha value is -0.520. The summed E-state index contributed by atoms with van der Waals surface area (Å²) < 4.78 is 26.6. The Morgan fingerprint density at radius 3 is 2.15 bits per heavy atom. The molecule has 72 valence electrons. The van der Waals surface area contributed by atoms with Gasteiger partial charge in [0.2, 0.25) is 0 Å². The van der Waals surface area contributed by atoms with Crippen molar-refractivity contribution >= 4 is 15.9 Å². The second-order valence-electron chi connectivity index (χ2n) is 2.63. The highest BCUT2D eigenvalue weighted by Crippen LogP contribution is 2.22. The molecule has 1 aromatic carbocycles. The van der Waals surface area contributed by atoms with E-state index in [1.54, 1.807) is 0 Å². The molecule has 0 saturated carbocycles. The summed E-state index contributed by atoms with van der Waals surface area (Å²) in [5, 5.41) is 0. The predicted octanol–water partition coefficient (Wildman–Crippen LogP) is 1.69. The average molecular weight is 251 g/mol. The smallest absolute Gasteiger partial charge is 0.132 e. The molecule has 4 N–H and O–H groups in total. The molecule has 0 bridgehead atoms. The number of hydrogen-bond donors (Lipinski definition) is 2. The van der Waals surface area contributed by atoms with Crippen LogP contribution in [0.4, 0.5) is 8.78 Å². The van der Waals surface area contributed by atoms with Gasteiger partial charge in [0.05, 0.1) is 0 Å². The van der Waals surface area contributed by atoms with Crippen molar-refractivity contribution in [3.05, 3.63) is 33.8 Å². The number of nitrogens with two attached hydrogens (primary N) is 2. The SMILES string of the molecule is NC[C@@H](N)c1c(F)cc(Br)cc1F. The molecule has 0 radical (unpaired) electrons. The highest BCUT2D eigenvalue weighted by Gasteiger charge is 2.15. The van der Waals surface area contributed by atoms with E-state index in [-0.39, 0.29) is 12.1 Å². The first-order valence-corrected chi connectivity index (χ1v) is 4.45. The van der Waals surface area contributed by atoms with Crippen LogP contribution in [0.5, 0.6) is 0 Å². The van der Waals surface area contributed by atoms with Crippen molar-refractivity contribution in [3.63, 3.8) is 0 Å². The Balaban J connectivity index is 3.20. The molecule has 1 atom stereocenters. The van der Waals surface area contributed by atoms with Crippen molar-refractivity contribution in [2.75, 3.05) is 6.54 Å². The summed E-state index contributed by atoms with van der Waals surface area (Å²) in [5.74, 6) is -1.35. The molecule has 2 nitrogen and oxygen atoms in total. The zero-order valence-corrected chi connectivity index (χ0v) is 8.31. The maximum Gasteiger partial charge on any atom is 0.132 e. The van der Waals surface area contributed by atoms with E-state index in [1.807, 2.05) is 0 Å². The lowest BCUT2D eigenvalue weighted by molar-refractivity contribution is 0.527. The maximum atomic E-state index is 13.1. The van der Waals surface area contributed by atoms with Gasteiger partial charge < -0.3 is 11.5 Å². The van der Waals surface area contributed by atoms with Gasteiger partial charge in [0, 0.05) is 22.6 Å². The Kier molecular flexibility index (Phi) is 3.35. The monoisotopic (exact) mass is 250 g/mol. The average Bonchev–Trinajstić information content (AvgIpc) is 2.02. The molecule has 0 saturated heterocycles. The van der Waals surface area contributed by atoms with Gasteiger partial charge >= 0.3 is 0 Å². The summed E-state index contributed by atoms with van der Waals surface area (Å²) in [7, 11) is 0. The third-order valence-corrected chi connectivity index (χ3v) is 2.13. The molecule has 0 aliphatic carbocycles. The van der Waals surface area contributed by atoms with Gasteiger partial charge in [-0.2, -0.15) is 0 Å².